The summed E-state index contributed by atoms with van der Waals surface area (Å²) >= 11 is 0. The number of hydrogen-bond acceptors (Lipinski definition) is 5. The molecule has 0 aliphatic carbocycles. The van der Waals surface area contributed by atoms with Gasteiger partial charge in [-0.3, -0.25) is 4.79 Å². The van der Waals surface area contributed by atoms with Gasteiger partial charge in [0, 0.05) is 32.3 Å². The molecule has 0 atom stereocenters. The van der Waals surface area contributed by atoms with Crippen LogP contribution in [-0.2, 0) is 4.79 Å². The average molecular weight is 413 g/mol. The highest BCUT2D eigenvalue weighted by atomic mass is 16.4. The molecule has 0 spiro atoms. The molecular weight excluding hydrogens is 382 g/mol. The summed E-state index contributed by atoms with van der Waals surface area (Å²) in [7, 11) is 0. The van der Waals surface area contributed by atoms with Gasteiger partial charge in [-0.05, 0) is 25.5 Å². The third kappa shape index (κ3) is 19.5. The molecule has 0 aliphatic rings. The van der Waals surface area contributed by atoms with E-state index in [2.05, 4.69) is 10.6 Å². The van der Waals surface area contributed by atoms with E-state index in [-0.39, 0.29) is 32.2 Å². The van der Waals surface area contributed by atoms with Crippen LogP contribution >= 0.6 is 0 Å². The van der Waals surface area contributed by atoms with Gasteiger partial charge in [-0.2, -0.15) is 0 Å². The Labute approximate surface area is 170 Å². The van der Waals surface area contributed by atoms with E-state index in [9.17, 15) is 14.4 Å². The largest absolute Gasteiger partial charge is 0.465 e. The Morgan fingerprint density at radius 2 is 1.34 bits per heavy atom. The smallest absolute Gasteiger partial charge is 0.404 e. The Morgan fingerprint density at radius 1 is 0.897 bits per heavy atom. The molecule has 1 rings (SSSR count). The fourth-order valence-electron chi connectivity index (χ4n) is 1.71. The molecule has 0 aliphatic heterocycles. The number of rotatable bonds is 8. The van der Waals surface area contributed by atoms with Crippen LogP contribution in [-0.4, -0.2) is 82.8 Å². The highest BCUT2D eigenvalue weighted by Crippen LogP contribution is 2.02. The van der Waals surface area contributed by atoms with E-state index in [4.69, 9.17) is 20.4 Å². The van der Waals surface area contributed by atoms with Crippen LogP contribution in [0, 0.1) is 0 Å². The summed E-state index contributed by atoms with van der Waals surface area (Å²) in [6.07, 6.45) is 1.24. The third-order valence-corrected chi connectivity index (χ3v) is 2.93. The van der Waals surface area contributed by atoms with Gasteiger partial charge in [-0.15, -0.1) is 0 Å². The lowest BCUT2D eigenvalue weighted by molar-refractivity contribution is -0.126. The number of nitrogens with zero attached hydrogens (tertiary/aromatic N) is 1. The summed E-state index contributed by atoms with van der Waals surface area (Å²) in [6, 6.07) is 9.48. The van der Waals surface area contributed by atoms with E-state index in [1.165, 1.54) is 11.0 Å². The summed E-state index contributed by atoms with van der Waals surface area (Å²) in [5.74, 6) is -0.211. The number of hydrogen-bond donors (Lipinski definition) is 6. The molecule has 0 radical (unpaired) electrons. The van der Waals surface area contributed by atoms with Crippen molar-refractivity contribution in [3.05, 3.63) is 42.0 Å². The number of amides is 3. The molecule has 0 heterocycles. The number of benzene rings is 1. The van der Waals surface area contributed by atoms with E-state index in [0.717, 1.165) is 5.56 Å². The standard InChI is InChI=1S/C13H17NO3.2C3H7NO2/c15-10-8-14(9-11-16)13(17)7-6-12-4-2-1-3-5-12;2*1-2-4-3(5)6/h1-7,15-16H,8-11H2;2*4H,2H2,1H3,(H,5,6). The van der Waals surface area contributed by atoms with Crippen molar-refractivity contribution in [2.45, 2.75) is 13.8 Å². The summed E-state index contributed by atoms with van der Waals surface area (Å²) < 4.78 is 0. The second kappa shape index (κ2) is 19.6. The van der Waals surface area contributed by atoms with Gasteiger partial charge in [0.2, 0.25) is 5.91 Å². The zero-order chi connectivity index (χ0) is 22.5. The second-order valence-electron chi connectivity index (χ2n) is 5.19. The van der Waals surface area contributed by atoms with Crippen molar-refractivity contribution in [2.75, 3.05) is 39.4 Å². The highest BCUT2D eigenvalue weighted by Gasteiger charge is 2.08. The van der Waals surface area contributed by atoms with E-state index in [1.54, 1.807) is 19.9 Å². The number of nitrogens with one attached hydrogen (secondary N) is 2. The first-order valence-electron chi connectivity index (χ1n) is 8.99. The summed E-state index contributed by atoms with van der Waals surface area (Å²) in [6.45, 7) is 4.68. The lowest BCUT2D eigenvalue weighted by Crippen LogP contribution is -2.34. The maximum Gasteiger partial charge on any atom is 0.404 e. The van der Waals surface area contributed by atoms with E-state index >= 15 is 0 Å². The SMILES string of the molecule is CCNC(=O)O.CCNC(=O)O.O=C(C=Cc1ccccc1)N(CCO)CCO. The molecule has 10 nitrogen and oxygen atoms in total. The minimum Gasteiger partial charge on any atom is -0.465 e. The van der Waals surface area contributed by atoms with Crippen molar-refractivity contribution in [3.8, 4) is 0 Å². The molecule has 3 amide bonds. The fourth-order valence-corrected chi connectivity index (χ4v) is 1.71. The number of carbonyl (C=O) groups is 3. The average Bonchev–Trinajstić information content (AvgIpc) is 2.67. The lowest BCUT2D eigenvalue weighted by atomic mass is 10.2. The topological polar surface area (TPSA) is 159 Å². The second-order valence-corrected chi connectivity index (χ2v) is 5.19. The Hall–Kier alpha value is -3.11. The minimum atomic E-state index is -0.961. The Balaban J connectivity index is 0. The van der Waals surface area contributed by atoms with Crippen LogP contribution in [0.3, 0.4) is 0 Å². The number of aliphatic hydroxyl groups is 2. The fraction of sp³-hybridized carbons (Fsp3) is 0.421. The Morgan fingerprint density at radius 3 is 1.66 bits per heavy atom. The molecular formula is C19H31N3O7. The van der Waals surface area contributed by atoms with Crippen LogP contribution in [0.1, 0.15) is 19.4 Å². The van der Waals surface area contributed by atoms with Gasteiger partial charge in [0.05, 0.1) is 13.2 Å². The minimum absolute atomic E-state index is 0.106. The van der Waals surface area contributed by atoms with E-state index in [1.807, 2.05) is 30.3 Å². The van der Waals surface area contributed by atoms with Crippen LogP contribution in [0.5, 0.6) is 0 Å². The van der Waals surface area contributed by atoms with Crippen LogP contribution in [0.4, 0.5) is 9.59 Å². The van der Waals surface area contributed by atoms with Crippen molar-refractivity contribution >= 4 is 24.2 Å². The molecule has 0 saturated carbocycles. The van der Waals surface area contributed by atoms with Gasteiger partial charge >= 0.3 is 12.2 Å². The first-order valence-corrected chi connectivity index (χ1v) is 8.99. The molecule has 0 bridgehead atoms. The number of aliphatic hydroxyl groups excluding tert-OH is 2. The monoisotopic (exact) mass is 413 g/mol. The van der Waals surface area contributed by atoms with E-state index in [0.29, 0.717) is 13.1 Å². The molecule has 6 N–H and O–H groups in total. The van der Waals surface area contributed by atoms with Crippen LogP contribution < -0.4 is 10.6 Å². The zero-order valence-electron chi connectivity index (χ0n) is 16.7. The van der Waals surface area contributed by atoms with Crippen molar-refractivity contribution in [2.24, 2.45) is 0 Å². The molecule has 0 fully saturated rings. The van der Waals surface area contributed by atoms with Gasteiger partial charge in [-0.25, -0.2) is 9.59 Å². The van der Waals surface area contributed by atoms with Crippen LogP contribution in [0.25, 0.3) is 6.08 Å². The number of carboxylic acid groups (broad SMARTS) is 2. The molecule has 1 aromatic rings. The molecule has 0 unspecified atom stereocenters. The molecule has 0 aromatic heterocycles. The highest BCUT2D eigenvalue weighted by molar-refractivity contribution is 5.91. The summed E-state index contributed by atoms with van der Waals surface area (Å²) in [5.41, 5.74) is 0.939. The van der Waals surface area contributed by atoms with Gasteiger partial charge in [0.15, 0.2) is 0 Å². The summed E-state index contributed by atoms with van der Waals surface area (Å²) in [5, 5.41) is 37.5. The zero-order valence-corrected chi connectivity index (χ0v) is 16.7. The maximum atomic E-state index is 11.7. The van der Waals surface area contributed by atoms with Crippen molar-refractivity contribution in [1.82, 2.24) is 15.5 Å². The van der Waals surface area contributed by atoms with Crippen LogP contribution in [0.15, 0.2) is 36.4 Å². The normalized spacial score (nSPS) is 9.38. The van der Waals surface area contributed by atoms with Crippen molar-refractivity contribution in [1.29, 1.82) is 0 Å². The molecule has 164 valence electrons. The number of carbonyl (C=O) groups excluding carboxylic acids is 1. The van der Waals surface area contributed by atoms with Crippen molar-refractivity contribution < 1.29 is 34.8 Å². The maximum absolute atomic E-state index is 11.7. The first kappa shape index (κ1) is 28.1. The molecule has 29 heavy (non-hydrogen) atoms. The predicted octanol–water partition coefficient (Wildman–Crippen LogP) is 1.06. The van der Waals surface area contributed by atoms with Gasteiger partial charge in [-0.1, -0.05) is 30.3 Å². The Bertz CT molecular complexity index is 573. The van der Waals surface area contributed by atoms with Crippen LogP contribution in [0.2, 0.25) is 0 Å². The van der Waals surface area contributed by atoms with Gasteiger partial charge in [0.25, 0.3) is 0 Å². The summed E-state index contributed by atoms with van der Waals surface area (Å²) in [4.78, 5) is 32.1. The van der Waals surface area contributed by atoms with Gasteiger partial charge < -0.3 is 36.0 Å². The molecule has 10 heteroatoms. The van der Waals surface area contributed by atoms with E-state index < -0.39 is 12.2 Å². The quantitative estimate of drug-likeness (QED) is 0.348. The third-order valence-electron chi connectivity index (χ3n) is 2.93. The Kier molecular flexibility index (Phi) is 19.0. The van der Waals surface area contributed by atoms with Crippen molar-refractivity contribution in [3.63, 3.8) is 0 Å². The molecule has 1 aromatic carbocycles. The molecule has 0 saturated heterocycles. The predicted molar refractivity (Wildman–Crippen MR) is 110 cm³/mol. The van der Waals surface area contributed by atoms with Gasteiger partial charge in [0.1, 0.15) is 0 Å². The first-order chi connectivity index (χ1) is 13.8. The lowest BCUT2D eigenvalue weighted by Gasteiger charge is -2.18.